The third-order valence-electron chi connectivity index (χ3n) is 11.6. The van der Waals surface area contributed by atoms with Crippen LogP contribution in [0.15, 0.2) is 70.9 Å². The Morgan fingerprint density at radius 2 is 1.30 bits per heavy atom. The molecule has 7 rings (SSSR count). The van der Waals surface area contributed by atoms with Gasteiger partial charge in [-0.3, -0.25) is 19.6 Å². The molecule has 5 atom stereocenters. The van der Waals surface area contributed by atoms with Crippen LogP contribution in [0.4, 0.5) is 9.59 Å². The van der Waals surface area contributed by atoms with Crippen molar-refractivity contribution in [3.63, 3.8) is 0 Å². The Hall–Kier alpha value is -5.26. The van der Waals surface area contributed by atoms with Crippen LogP contribution in [0.5, 0.6) is 0 Å². The summed E-state index contributed by atoms with van der Waals surface area (Å²) in [6, 6.07) is 15.9. The number of nitrogens with zero attached hydrogens (tertiary/aromatic N) is 4. The van der Waals surface area contributed by atoms with Crippen molar-refractivity contribution in [2.75, 3.05) is 20.8 Å². The second-order valence-electron chi connectivity index (χ2n) is 15.2. The minimum Gasteiger partial charge on any atom is -0.453 e. The van der Waals surface area contributed by atoms with Gasteiger partial charge < -0.3 is 29.9 Å². The molecule has 3 saturated heterocycles. The first kappa shape index (κ1) is 37.1. The van der Waals surface area contributed by atoms with E-state index >= 15 is 0 Å². The maximum Gasteiger partial charge on any atom is 0.407 e. The van der Waals surface area contributed by atoms with E-state index in [1.807, 2.05) is 36.0 Å². The van der Waals surface area contributed by atoms with Crippen molar-refractivity contribution >= 4 is 46.6 Å². The van der Waals surface area contributed by atoms with E-state index in [0.717, 1.165) is 83.3 Å². The summed E-state index contributed by atoms with van der Waals surface area (Å²) in [5.41, 5.74) is 8.67. The molecule has 0 saturated carbocycles. The molecule has 2 N–H and O–H groups in total. The molecule has 0 radical (unpaired) electrons. The molecular weight excluding hydrogens is 684 g/mol. The molecular formula is C42H50N6O6. The van der Waals surface area contributed by atoms with Crippen molar-refractivity contribution in [1.29, 1.82) is 0 Å². The summed E-state index contributed by atoms with van der Waals surface area (Å²) in [7, 11) is 2.62. The third kappa shape index (κ3) is 7.56. The number of benzene rings is 2. The number of alkyl carbamates (subject to hydrolysis) is 2. The SMILES string of the molecule is COC(=O)N[C@H]1CCC[C@@H]2CC[C@@H](C3=NC=C(c4ccc(-c5ccc(C6=CN=C([C@@H]7CCCN7C(=O)[C@@H](NC(=O)OC)C(C)C)C6)cc5)cc4)C3)N2C1=O. The van der Waals surface area contributed by atoms with E-state index in [1.54, 1.807) is 0 Å². The van der Waals surface area contributed by atoms with Crippen LogP contribution in [0.25, 0.3) is 22.3 Å². The zero-order valence-corrected chi connectivity index (χ0v) is 31.5. The molecule has 5 heterocycles. The number of hydrogen-bond donors (Lipinski definition) is 2. The molecule has 4 amide bonds. The molecule has 12 nitrogen and oxygen atoms in total. The molecule has 5 aliphatic rings. The highest BCUT2D eigenvalue weighted by Gasteiger charge is 2.44. The highest BCUT2D eigenvalue weighted by Crippen LogP contribution is 2.37. The molecule has 0 spiro atoms. The molecule has 2 aromatic carbocycles. The minimum absolute atomic E-state index is 0.0345. The van der Waals surface area contributed by atoms with Gasteiger partial charge >= 0.3 is 12.2 Å². The zero-order chi connectivity index (χ0) is 37.9. The fourth-order valence-electron chi connectivity index (χ4n) is 8.69. The number of allylic oxidation sites excluding steroid dienone is 2. The Labute approximate surface area is 316 Å². The number of methoxy groups -OCH3 is 2. The number of amides is 4. The van der Waals surface area contributed by atoms with Crippen LogP contribution in [0, 0.1) is 5.92 Å². The average Bonchev–Trinajstić information content (AvgIpc) is 4.02. The van der Waals surface area contributed by atoms with Gasteiger partial charge in [0.05, 0.1) is 26.3 Å². The molecule has 2 aromatic rings. The number of ether oxygens (including phenoxy) is 2. The van der Waals surface area contributed by atoms with Crippen molar-refractivity contribution < 1.29 is 28.7 Å². The molecule has 3 fully saturated rings. The van der Waals surface area contributed by atoms with E-state index in [-0.39, 0.29) is 35.9 Å². The van der Waals surface area contributed by atoms with Gasteiger partial charge in [0, 0.05) is 49.3 Å². The Kier molecular flexibility index (Phi) is 11.0. The monoisotopic (exact) mass is 734 g/mol. The van der Waals surface area contributed by atoms with Crippen LogP contribution < -0.4 is 10.6 Å². The Balaban J connectivity index is 0.945. The van der Waals surface area contributed by atoms with Gasteiger partial charge in [-0.15, -0.1) is 0 Å². The summed E-state index contributed by atoms with van der Waals surface area (Å²) in [4.78, 5) is 64.5. The summed E-state index contributed by atoms with van der Waals surface area (Å²) in [6.45, 7) is 4.48. The van der Waals surface area contributed by atoms with Gasteiger partial charge in [0.2, 0.25) is 11.8 Å². The number of likely N-dealkylation sites (tertiary alicyclic amines) is 1. The lowest BCUT2D eigenvalue weighted by atomic mass is 9.94. The fourth-order valence-corrected chi connectivity index (χ4v) is 8.69. The van der Waals surface area contributed by atoms with Crippen LogP contribution in [-0.4, -0.2) is 96.2 Å². The molecule has 12 heteroatoms. The summed E-state index contributed by atoms with van der Waals surface area (Å²) < 4.78 is 9.54. The first-order valence-electron chi connectivity index (χ1n) is 19.2. The summed E-state index contributed by atoms with van der Waals surface area (Å²) in [5, 5.41) is 5.46. The van der Waals surface area contributed by atoms with Crippen LogP contribution in [0.3, 0.4) is 0 Å². The average molecular weight is 735 g/mol. The quantitative estimate of drug-likeness (QED) is 0.307. The topological polar surface area (TPSA) is 142 Å². The zero-order valence-electron chi connectivity index (χ0n) is 31.5. The van der Waals surface area contributed by atoms with Gasteiger partial charge in [-0.1, -0.05) is 62.4 Å². The van der Waals surface area contributed by atoms with Crippen LogP contribution >= 0.6 is 0 Å². The standard InChI is InChI=1S/C42H50N6O6/c1-25(2)38(46-42(52)54-4)40(50)47-20-6-9-36(47)34-21-30(23-43-34)28-14-10-26(11-15-28)27-12-16-29(17-13-27)31-22-35(44-24-31)37-19-18-32-7-5-8-33(39(49)48(32)37)45-41(51)53-3/h10-17,23-25,32-33,36-38H,5-9,18-22H2,1-4H3,(H,45,51)(H,46,52)/t32-,33+,36+,37+,38+/m1/s1. The highest BCUT2D eigenvalue weighted by atomic mass is 16.5. The van der Waals surface area contributed by atoms with E-state index in [9.17, 15) is 19.2 Å². The van der Waals surface area contributed by atoms with E-state index in [1.165, 1.54) is 14.2 Å². The number of carbonyl (C=O) groups is 4. The molecule has 0 unspecified atom stereocenters. The smallest absolute Gasteiger partial charge is 0.407 e. The number of hydrogen-bond acceptors (Lipinski definition) is 8. The second-order valence-corrected chi connectivity index (χ2v) is 15.2. The van der Waals surface area contributed by atoms with Gasteiger partial charge in [-0.2, -0.15) is 0 Å². The van der Waals surface area contributed by atoms with Gasteiger partial charge in [-0.05, 0) is 84.3 Å². The number of fused-ring (bicyclic) bond motifs is 1. The third-order valence-corrected chi connectivity index (χ3v) is 11.6. The predicted octanol–water partition coefficient (Wildman–Crippen LogP) is 6.36. The lowest BCUT2D eigenvalue weighted by Crippen LogP contribution is -2.53. The van der Waals surface area contributed by atoms with E-state index < -0.39 is 24.3 Å². The molecule has 284 valence electrons. The number of rotatable bonds is 9. The van der Waals surface area contributed by atoms with Crippen LogP contribution in [0.1, 0.15) is 82.8 Å². The highest BCUT2D eigenvalue weighted by molar-refractivity contribution is 6.05. The fraction of sp³-hybridized carbons (Fsp3) is 0.476. The van der Waals surface area contributed by atoms with Crippen molar-refractivity contribution in [3.05, 3.63) is 72.1 Å². The Bertz CT molecular complexity index is 1900. The van der Waals surface area contributed by atoms with E-state index in [2.05, 4.69) is 59.2 Å². The predicted molar refractivity (Wildman–Crippen MR) is 208 cm³/mol. The van der Waals surface area contributed by atoms with Crippen LogP contribution in [-0.2, 0) is 19.1 Å². The molecule has 0 aliphatic carbocycles. The lowest BCUT2D eigenvalue weighted by Gasteiger charge is -2.31. The first-order valence-corrected chi connectivity index (χ1v) is 19.2. The Morgan fingerprint density at radius 1 is 0.722 bits per heavy atom. The van der Waals surface area contributed by atoms with E-state index in [4.69, 9.17) is 19.5 Å². The maximum atomic E-state index is 13.6. The summed E-state index contributed by atoms with van der Waals surface area (Å²) >= 11 is 0. The normalized spacial score (nSPS) is 24.3. The number of aliphatic imine (C=N–C) groups is 2. The lowest BCUT2D eigenvalue weighted by molar-refractivity contribution is -0.135. The molecule has 0 aromatic heterocycles. The van der Waals surface area contributed by atoms with Crippen molar-refractivity contribution in [3.8, 4) is 11.1 Å². The number of nitrogens with one attached hydrogen (secondary N) is 2. The molecule has 54 heavy (non-hydrogen) atoms. The van der Waals surface area contributed by atoms with Gasteiger partial charge in [-0.25, -0.2) is 9.59 Å². The Morgan fingerprint density at radius 3 is 1.87 bits per heavy atom. The number of carbonyl (C=O) groups excluding carboxylic acids is 4. The van der Waals surface area contributed by atoms with Crippen LogP contribution in [0.2, 0.25) is 0 Å². The first-order chi connectivity index (χ1) is 26.1. The van der Waals surface area contributed by atoms with Crippen molar-refractivity contribution in [2.24, 2.45) is 15.9 Å². The van der Waals surface area contributed by atoms with Gasteiger partial charge in [0.25, 0.3) is 0 Å². The maximum absolute atomic E-state index is 13.6. The van der Waals surface area contributed by atoms with Gasteiger partial charge in [0.1, 0.15) is 12.1 Å². The van der Waals surface area contributed by atoms with E-state index in [0.29, 0.717) is 25.8 Å². The van der Waals surface area contributed by atoms with Gasteiger partial charge in [0.15, 0.2) is 0 Å². The summed E-state index contributed by atoms with van der Waals surface area (Å²) in [6.07, 6.45) is 10.1. The van der Waals surface area contributed by atoms with Crippen molar-refractivity contribution in [1.82, 2.24) is 20.4 Å². The summed E-state index contributed by atoms with van der Waals surface area (Å²) in [5.74, 6) is -0.209. The van der Waals surface area contributed by atoms with Crippen molar-refractivity contribution in [2.45, 2.75) is 102 Å². The molecule has 0 bridgehead atoms. The minimum atomic E-state index is -0.654. The second kappa shape index (κ2) is 16.0. The largest absolute Gasteiger partial charge is 0.453 e. The molecule has 5 aliphatic heterocycles.